The standard InChI is InChI=1S/C16H24N2O3/c1-13(2)17(3)15(19)12-18(11-7-10-16(20)21)14-8-5-4-6-9-14/h4-6,8-9,13H,7,10-12H2,1-3H3,(H,20,21). The number of benzene rings is 1. The van der Waals surface area contributed by atoms with Crippen LogP contribution in [0.25, 0.3) is 0 Å². The van der Waals surface area contributed by atoms with Crippen molar-refractivity contribution < 1.29 is 14.7 Å². The number of carboxylic acid groups (broad SMARTS) is 1. The van der Waals surface area contributed by atoms with Crippen molar-refractivity contribution in [3.8, 4) is 0 Å². The van der Waals surface area contributed by atoms with E-state index in [-0.39, 0.29) is 24.9 Å². The number of carboxylic acids is 1. The third-order valence-electron chi connectivity index (χ3n) is 3.43. The van der Waals surface area contributed by atoms with E-state index in [9.17, 15) is 9.59 Å². The second kappa shape index (κ2) is 8.29. The maximum Gasteiger partial charge on any atom is 0.303 e. The van der Waals surface area contributed by atoms with Crippen molar-refractivity contribution in [2.75, 3.05) is 25.0 Å². The molecule has 0 fully saturated rings. The average molecular weight is 292 g/mol. The molecule has 5 nitrogen and oxygen atoms in total. The normalized spacial score (nSPS) is 10.5. The first-order chi connectivity index (χ1) is 9.91. The summed E-state index contributed by atoms with van der Waals surface area (Å²) in [5, 5.41) is 8.75. The fourth-order valence-electron chi connectivity index (χ4n) is 1.92. The van der Waals surface area contributed by atoms with Crippen LogP contribution in [-0.4, -0.2) is 48.1 Å². The first kappa shape index (κ1) is 17.0. The van der Waals surface area contributed by atoms with Gasteiger partial charge in [-0.1, -0.05) is 18.2 Å². The van der Waals surface area contributed by atoms with Crippen LogP contribution in [0.3, 0.4) is 0 Å². The van der Waals surface area contributed by atoms with Crippen LogP contribution in [0.15, 0.2) is 30.3 Å². The third kappa shape index (κ3) is 5.85. The summed E-state index contributed by atoms with van der Waals surface area (Å²) < 4.78 is 0. The van der Waals surface area contributed by atoms with Crippen molar-refractivity contribution in [2.24, 2.45) is 0 Å². The number of aliphatic carboxylic acids is 1. The summed E-state index contributed by atoms with van der Waals surface area (Å²) in [5.41, 5.74) is 0.938. The van der Waals surface area contributed by atoms with Gasteiger partial charge in [-0.25, -0.2) is 0 Å². The smallest absolute Gasteiger partial charge is 0.303 e. The Kier molecular flexibility index (Phi) is 6.72. The molecule has 0 atom stereocenters. The number of carbonyl (C=O) groups excluding carboxylic acids is 1. The Labute approximate surface area is 126 Å². The second-order valence-corrected chi connectivity index (χ2v) is 5.35. The molecule has 1 amide bonds. The fourth-order valence-corrected chi connectivity index (χ4v) is 1.92. The van der Waals surface area contributed by atoms with Crippen LogP contribution in [0, 0.1) is 0 Å². The lowest BCUT2D eigenvalue weighted by Crippen LogP contribution is -2.42. The van der Waals surface area contributed by atoms with Crippen LogP contribution in [0.4, 0.5) is 5.69 Å². The summed E-state index contributed by atoms with van der Waals surface area (Å²) in [6.45, 7) is 4.75. The van der Waals surface area contributed by atoms with Crippen molar-refractivity contribution in [1.82, 2.24) is 4.90 Å². The Morgan fingerprint density at radius 3 is 2.33 bits per heavy atom. The Balaban J connectivity index is 2.72. The maximum absolute atomic E-state index is 12.2. The van der Waals surface area contributed by atoms with Gasteiger partial charge in [0, 0.05) is 31.7 Å². The van der Waals surface area contributed by atoms with E-state index in [1.807, 2.05) is 49.1 Å². The van der Waals surface area contributed by atoms with Crippen molar-refractivity contribution >= 4 is 17.6 Å². The molecule has 0 bridgehead atoms. The van der Waals surface area contributed by atoms with Crippen molar-refractivity contribution in [1.29, 1.82) is 0 Å². The molecular weight excluding hydrogens is 268 g/mol. The molecule has 21 heavy (non-hydrogen) atoms. The molecule has 0 aliphatic rings. The Bertz CT molecular complexity index is 460. The van der Waals surface area contributed by atoms with Crippen LogP contribution in [0.5, 0.6) is 0 Å². The molecule has 0 unspecified atom stereocenters. The number of anilines is 1. The summed E-state index contributed by atoms with van der Waals surface area (Å²) in [6.07, 6.45) is 0.625. The van der Waals surface area contributed by atoms with Crippen LogP contribution < -0.4 is 4.90 Å². The van der Waals surface area contributed by atoms with E-state index >= 15 is 0 Å². The van der Waals surface area contributed by atoms with Gasteiger partial charge in [-0.15, -0.1) is 0 Å². The molecule has 0 spiro atoms. The monoisotopic (exact) mass is 292 g/mol. The quantitative estimate of drug-likeness (QED) is 0.798. The first-order valence-electron chi connectivity index (χ1n) is 7.19. The van der Waals surface area contributed by atoms with E-state index in [4.69, 9.17) is 5.11 Å². The zero-order chi connectivity index (χ0) is 15.8. The molecule has 1 aromatic carbocycles. The van der Waals surface area contributed by atoms with Gasteiger partial charge in [0.05, 0.1) is 6.54 Å². The van der Waals surface area contributed by atoms with Gasteiger partial charge in [0.25, 0.3) is 0 Å². The van der Waals surface area contributed by atoms with E-state index in [1.54, 1.807) is 11.9 Å². The van der Waals surface area contributed by atoms with Gasteiger partial charge >= 0.3 is 5.97 Å². The van der Waals surface area contributed by atoms with Gasteiger partial charge in [-0.05, 0) is 32.4 Å². The molecule has 0 aliphatic carbocycles. The van der Waals surface area contributed by atoms with E-state index < -0.39 is 5.97 Å². The molecule has 1 rings (SSSR count). The highest BCUT2D eigenvalue weighted by atomic mass is 16.4. The molecule has 1 N–H and O–H groups in total. The minimum atomic E-state index is -0.811. The van der Waals surface area contributed by atoms with E-state index in [2.05, 4.69) is 0 Å². The van der Waals surface area contributed by atoms with Gasteiger partial charge in [-0.2, -0.15) is 0 Å². The van der Waals surface area contributed by atoms with Gasteiger partial charge in [-0.3, -0.25) is 9.59 Å². The topological polar surface area (TPSA) is 60.9 Å². The SMILES string of the molecule is CC(C)N(C)C(=O)CN(CCCC(=O)O)c1ccccc1. The zero-order valence-corrected chi connectivity index (χ0v) is 13.0. The highest BCUT2D eigenvalue weighted by molar-refractivity contribution is 5.81. The van der Waals surface area contributed by atoms with Gasteiger partial charge in [0.15, 0.2) is 0 Å². The zero-order valence-electron chi connectivity index (χ0n) is 13.0. The number of rotatable bonds is 8. The van der Waals surface area contributed by atoms with Crippen LogP contribution >= 0.6 is 0 Å². The highest BCUT2D eigenvalue weighted by Crippen LogP contribution is 2.14. The minimum Gasteiger partial charge on any atom is -0.481 e. The molecule has 116 valence electrons. The van der Waals surface area contributed by atoms with Gasteiger partial charge < -0.3 is 14.9 Å². The summed E-state index contributed by atoms with van der Waals surface area (Å²) in [6, 6.07) is 9.76. The number of hydrogen-bond acceptors (Lipinski definition) is 3. The molecular formula is C16H24N2O3. The number of carbonyl (C=O) groups is 2. The predicted octanol–water partition coefficient (Wildman–Crippen LogP) is 2.22. The van der Waals surface area contributed by atoms with E-state index in [0.717, 1.165) is 5.69 Å². The van der Waals surface area contributed by atoms with Crippen LogP contribution in [-0.2, 0) is 9.59 Å². The highest BCUT2D eigenvalue weighted by Gasteiger charge is 2.17. The summed E-state index contributed by atoms with van der Waals surface area (Å²) in [5.74, 6) is -0.780. The molecule has 0 heterocycles. The second-order valence-electron chi connectivity index (χ2n) is 5.35. The lowest BCUT2D eigenvalue weighted by molar-refractivity contribution is -0.137. The molecule has 5 heteroatoms. The Morgan fingerprint density at radius 1 is 1.19 bits per heavy atom. The Hall–Kier alpha value is -2.04. The maximum atomic E-state index is 12.2. The summed E-state index contributed by atoms with van der Waals surface area (Å²) in [4.78, 5) is 26.5. The van der Waals surface area contributed by atoms with E-state index in [0.29, 0.717) is 13.0 Å². The molecule has 0 saturated carbocycles. The van der Waals surface area contributed by atoms with Crippen molar-refractivity contribution in [3.05, 3.63) is 30.3 Å². The molecule has 0 aliphatic heterocycles. The number of para-hydroxylation sites is 1. The largest absolute Gasteiger partial charge is 0.481 e. The summed E-state index contributed by atoms with van der Waals surface area (Å²) in [7, 11) is 1.79. The van der Waals surface area contributed by atoms with Crippen LogP contribution in [0.2, 0.25) is 0 Å². The first-order valence-corrected chi connectivity index (χ1v) is 7.19. The fraction of sp³-hybridized carbons (Fsp3) is 0.500. The number of hydrogen-bond donors (Lipinski definition) is 1. The molecule has 1 aromatic rings. The average Bonchev–Trinajstić information content (AvgIpc) is 2.45. The van der Waals surface area contributed by atoms with Crippen LogP contribution in [0.1, 0.15) is 26.7 Å². The summed E-state index contributed by atoms with van der Waals surface area (Å²) >= 11 is 0. The van der Waals surface area contributed by atoms with Crippen molar-refractivity contribution in [3.63, 3.8) is 0 Å². The lowest BCUT2D eigenvalue weighted by atomic mass is 10.2. The number of amides is 1. The molecule has 0 aromatic heterocycles. The minimum absolute atomic E-state index is 0.0316. The van der Waals surface area contributed by atoms with Gasteiger partial charge in [0.1, 0.15) is 0 Å². The number of likely N-dealkylation sites (N-methyl/N-ethyl adjacent to an activating group) is 1. The number of nitrogens with zero attached hydrogens (tertiary/aromatic N) is 2. The predicted molar refractivity (Wildman–Crippen MR) is 83.4 cm³/mol. The molecule has 0 saturated heterocycles. The van der Waals surface area contributed by atoms with Crippen molar-refractivity contribution in [2.45, 2.75) is 32.7 Å². The Morgan fingerprint density at radius 2 is 1.81 bits per heavy atom. The molecule has 0 radical (unpaired) electrons. The van der Waals surface area contributed by atoms with Gasteiger partial charge in [0.2, 0.25) is 5.91 Å². The third-order valence-corrected chi connectivity index (χ3v) is 3.43. The lowest BCUT2D eigenvalue weighted by Gasteiger charge is -2.28. The van der Waals surface area contributed by atoms with E-state index in [1.165, 1.54) is 0 Å².